The van der Waals surface area contributed by atoms with E-state index in [2.05, 4.69) is 5.32 Å². The maximum absolute atomic E-state index is 13.1. The van der Waals surface area contributed by atoms with Gasteiger partial charge in [-0.3, -0.25) is 10.0 Å². The second-order valence-electron chi connectivity index (χ2n) is 7.34. The zero-order valence-corrected chi connectivity index (χ0v) is 17.2. The van der Waals surface area contributed by atoms with Crippen LogP contribution in [0, 0.1) is 17.6 Å². The van der Waals surface area contributed by atoms with Crippen LogP contribution in [-0.2, 0) is 16.1 Å². The molecule has 0 saturated heterocycles. The van der Waals surface area contributed by atoms with Gasteiger partial charge in [-0.1, -0.05) is 37.1 Å². The highest BCUT2D eigenvalue weighted by molar-refractivity contribution is 5.77. The van der Waals surface area contributed by atoms with Crippen LogP contribution in [-0.4, -0.2) is 24.8 Å². The van der Waals surface area contributed by atoms with Crippen molar-refractivity contribution < 1.29 is 23.5 Å². The molecule has 0 aliphatic rings. The minimum atomic E-state index is -0.436. The summed E-state index contributed by atoms with van der Waals surface area (Å²) in [6.45, 7) is 1.51. The molecule has 2 rings (SSSR count). The normalized spacial score (nSPS) is 13.1. The molecule has 2 atom stereocenters. The van der Waals surface area contributed by atoms with Gasteiger partial charge in [-0.15, -0.1) is 0 Å². The Morgan fingerprint density at radius 1 is 1.00 bits per heavy atom. The molecule has 0 spiro atoms. The number of nitrogens with one attached hydrogen (secondary N) is 2. The lowest BCUT2D eigenvalue weighted by Crippen LogP contribution is -2.29. The summed E-state index contributed by atoms with van der Waals surface area (Å²) in [7, 11) is 1.55. The summed E-state index contributed by atoms with van der Waals surface area (Å²) in [6, 6.07) is 12.4. The topological polar surface area (TPSA) is 70.6 Å². The molecule has 5 nitrogen and oxygen atoms in total. The van der Waals surface area contributed by atoms with E-state index >= 15 is 0 Å². The molecule has 0 saturated carbocycles. The molecule has 30 heavy (non-hydrogen) atoms. The Morgan fingerprint density at radius 2 is 1.63 bits per heavy atom. The third-order valence-electron chi connectivity index (χ3n) is 5.15. The lowest BCUT2D eigenvalue weighted by atomic mass is 9.91. The summed E-state index contributed by atoms with van der Waals surface area (Å²) in [5.74, 6) is -1.41. The molecule has 3 N–H and O–H groups in total. The van der Waals surface area contributed by atoms with Crippen molar-refractivity contribution in [3.05, 3.63) is 71.3 Å². The quantitative estimate of drug-likeness (QED) is 0.253. The van der Waals surface area contributed by atoms with Crippen LogP contribution in [0.1, 0.15) is 49.3 Å². The van der Waals surface area contributed by atoms with Gasteiger partial charge in [-0.2, -0.15) is 0 Å². The van der Waals surface area contributed by atoms with Crippen LogP contribution in [0.3, 0.4) is 0 Å². The van der Waals surface area contributed by atoms with E-state index in [0.717, 1.165) is 36.9 Å². The Kier molecular flexibility index (Phi) is 10.4. The standard InChI is InChI=1S/C23H30F2N2O3/c1-30-22(18-8-12-21(25)13-9-18)15-19(23(28)27-29)5-3-2-4-14-26-16-17-6-10-20(24)11-7-17/h6-13,19,22,26,29H,2-5,14-16H2,1H3,(H,27,28)/t19-,22+/m0/s1. The average molecular weight is 421 g/mol. The summed E-state index contributed by atoms with van der Waals surface area (Å²) in [5, 5.41) is 12.4. The monoisotopic (exact) mass is 420 g/mol. The number of hydrogen-bond donors (Lipinski definition) is 3. The first kappa shape index (κ1) is 23.9. The predicted octanol–water partition coefficient (Wildman–Crippen LogP) is 4.51. The number of halogens is 2. The van der Waals surface area contributed by atoms with Crippen LogP contribution in [0.5, 0.6) is 0 Å². The number of ether oxygens (including phenoxy) is 1. The number of amides is 1. The van der Waals surface area contributed by atoms with E-state index in [1.54, 1.807) is 36.9 Å². The molecular weight excluding hydrogens is 390 g/mol. The van der Waals surface area contributed by atoms with Crippen molar-refractivity contribution in [2.24, 2.45) is 5.92 Å². The van der Waals surface area contributed by atoms with Gasteiger partial charge < -0.3 is 10.1 Å². The van der Waals surface area contributed by atoms with E-state index in [9.17, 15) is 13.6 Å². The van der Waals surface area contributed by atoms with E-state index < -0.39 is 11.8 Å². The molecule has 2 aromatic carbocycles. The number of carbonyl (C=O) groups excluding carboxylic acids is 1. The smallest absolute Gasteiger partial charge is 0.246 e. The molecule has 0 aliphatic heterocycles. The van der Waals surface area contributed by atoms with Crippen LogP contribution >= 0.6 is 0 Å². The fourth-order valence-electron chi connectivity index (χ4n) is 3.40. The van der Waals surface area contributed by atoms with Crippen LogP contribution in [0.25, 0.3) is 0 Å². The zero-order valence-electron chi connectivity index (χ0n) is 17.2. The second-order valence-corrected chi connectivity index (χ2v) is 7.34. The van der Waals surface area contributed by atoms with Crippen LogP contribution in [0.2, 0.25) is 0 Å². The number of unbranched alkanes of at least 4 members (excludes halogenated alkanes) is 2. The number of hydrogen-bond acceptors (Lipinski definition) is 4. The molecule has 164 valence electrons. The summed E-state index contributed by atoms with van der Waals surface area (Å²) >= 11 is 0. The van der Waals surface area contributed by atoms with Crippen molar-refractivity contribution in [3.63, 3.8) is 0 Å². The molecule has 0 heterocycles. The highest BCUT2D eigenvalue weighted by Crippen LogP contribution is 2.28. The second kappa shape index (κ2) is 13.1. The first-order valence-electron chi connectivity index (χ1n) is 10.2. The minimum Gasteiger partial charge on any atom is -0.377 e. The number of hydroxylamine groups is 1. The Hall–Kier alpha value is -2.35. The van der Waals surface area contributed by atoms with E-state index in [1.807, 2.05) is 0 Å². The van der Waals surface area contributed by atoms with Crippen LogP contribution in [0.15, 0.2) is 48.5 Å². The van der Waals surface area contributed by atoms with Gasteiger partial charge in [0, 0.05) is 19.6 Å². The summed E-state index contributed by atoms with van der Waals surface area (Å²) in [5.41, 5.74) is 3.57. The highest BCUT2D eigenvalue weighted by Gasteiger charge is 2.23. The predicted molar refractivity (Wildman–Crippen MR) is 111 cm³/mol. The third-order valence-corrected chi connectivity index (χ3v) is 5.15. The molecular formula is C23H30F2N2O3. The zero-order chi connectivity index (χ0) is 21.8. The van der Waals surface area contributed by atoms with Crippen LogP contribution < -0.4 is 10.8 Å². The van der Waals surface area contributed by atoms with E-state index in [4.69, 9.17) is 9.94 Å². The summed E-state index contributed by atoms with van der Waals surface area (Å²) in [4.78, 5) is 12.1. The maximum Gasteiger partial charge on any atom is 0.246 e. The van der Waals surface area contributed by atoms with Gasteiger partial charge >= 0.3 is 0 Å². The Morgan fingerprint density at radius 3 is 2.23 bits per heavy atom. The molecule has 0 fully saturated rings. The summed E-state index contributed by atoms with van der Waals surface area (Å²) in [6.07, 6.45) is 3.37. The minimum absolute atomic E-state index is 0.240. The number of methoxy groups -OCH3 is 1. The number of carbonyl (C=O) groups is 1. The highest BCUT2D eigenvalue weighted by atomic mass is 19.1. The third kappa shape index (κ3) is 8.18. The lowest BCUT2D eigenvalue weighted by Gasteiger charge is -2.22. The van der Waals surface area contributed by atoms with E-state index in [1.165, 1.54) is 24.3 Å². The van der Waals surface area contributed by atoms with Crippen molar-refractivity contribution in [2.45, 2.75) is 44.8 Å². The largest absolute Gasteiger partial charge is 0.377 e. The lowest BCUT2D eigenvalue weighted by molar-refractivity contribution is -0.135. The van der Waals surface area contributed by atoms with E-state index in [0.29, 0.717) is 19.4 Å². The summed E-state index contributed by atoms with van der Waals surface area (Å²) < 4.78 is 31.5. The van der Waals surface area contributed by atoms with Gasteiger partial charge in [-0.25, -0.2) is 14.3 Å². The van der Waals surface area contributed by atoms with Gasteiger partial charge in [0.1, 0.15) is 11.6 Å². The fourth-order valence-corrected chi connectivity index (χ4v) is 3.40. The van der Waals surface area contributed by atoms with Gasteiger partial charge in [0.2, 0.25) is 5.91 Å². The Labute approximate surface area is 176 Å². The molecule has 1 amide bonds. The van der Waals surface area contributed by atoms with Crippen molar-refractivity contribution in [3.8, 4) is 0 Å². The SMILES string of the molecule is CO[C@H](C[C@H](CCCCCNCc1ccc(F)cc1)C(=O)NO)c1ccc(F)cc1. The van der Waals surface area contributed by atoms with E-state index in [-0.39, 0.29) is 17.7 Å². The molecule has 0 aromatic heterocycles. The van der Waals surface area contributed by atoms with Crippen LogP contribution in [0.4, 0.5) is 8.78 Å². The van der Waals surface area contributed by atoms with Gasteiger partial charge in [0.25, 0.3) is 0 Å². The molecule has 7 heteroatoms. The maximum atomic E-state index is 13.1. The average Bonchev–Trinajstić information content (AvgIpc) is 2.76. The Balaban J connectivity index is 1.72. The molecule has 0 aliphatic carbocycles. The van der Waals surface area contributed by atoms with Gasteiger partial charge in [-0.05, 0) is 61.2 Å². The van der Waals surface area contributed by atoms with Crippen molar-refractivity contribution in [1.29, 1.82) is 0 Å². The number of benzene rings is 2. The first-order chi connectivity index (χ1) is 14.5. The number of rotatable bonds is 13. The first-order valence-corrected chi connectivity index (χ1v) is 10.2. The molecule has 0 bridgehead atoms. The Bertz CT molecular complexity index is 754. The molecule has 0 unspecified atom stereocenters. The van der Waals surface area contributed by atoms with Gasteiger partial charge in [0.05, 0.1) is 6.10 Å². The fraction of sp³-hybridized carbons (Fsp3) is 0.435. The van der Waals surface area contributed by atoms with Gasteiger partial charge in [0.15, 0.2) is 0 Å². The van der Waals surface area contributed by atoms with Crippen molar-refractivity contribution in [2.75, 3.05) is 13.7 Å². The van der Waals surface area contributed by atoms with Crippen molar-refractivity contribution >= 4 is 5.91 Å². The van der Waals surface area contributed by atoms with Crippen molar-refractivity contribution in [1.82, 2.24) is 10.8 Å². The molecule has 0 radical (unpaired) electrons. The molecule has 2 aromatic rings.